The van der Waals surface area contributed by atoms with Gasteiger partial charge in [-0.2, -0.15) is 0 Å². The monoisotopic (exact) mass is 378 g/mol. The van der Waals surface area contributed by atoms with Crippen LogP contribution < -0.4 is 9.47 Å². The molecular weight excluding hydrogens is 356 g/mol. The number of hydrogen-bond donors (Lipinski definition) is 0. The van der Waals surface area contributed by atoms with Gasteiger partial charge in [-0.05, 0) is 19.1 Å². The Morgan fingerprint density at radius 3 is 2.44 bits per heavy atom. The van der Waals surface area contributed by atoms with Crippen LogP contribution in [0.3, 0.4) is 0 Å². The van der Waals surface area contributed by atoms with Gasteiger partial charge in [0, 0.05) is 19.4 Å². The highest BCUT2D eigenvalue weighted by Crippen LogP contribution is 2.34. The van der Waals surface area contributed by atoms with Crippen LogP contribution in [-0.4, -0.2) is 44.0 Å². The molecular formula is C19H22O8. The summed E-state index contributed by atoms with van der Waals surface area (Å²) >= 11 is 0. The lowest BCUT2D eigenvalue weighted by Gasteiger charge is -2.29. The zero-order valence-electron chi connectivity index (χ0n) is 15.7. The molecule has 1 fully saturated rings. The molecule has 1 aromatic carbocycles. The molecule has 27 heavy (non-hydrogen) atoms. The van der Waals surface area contributed by atoms with Gasteiger partial charge < -0.3 is 23.7 Å². The molecule has 8 nitrogen and oxygen atoms in total. The van der Waals surface area contributed by atoms with E-state index in [0.717, 1.165) is 0 Å². The molecule has 2 rings (SSSR count). The molecule has 8 heteroatoms. The van der Waals surface area contributed by atoms with E-state index >= 15 is 0 Å². The van der Waals surface area contributed by atoms with E-state index in [1.165, 1.54) is 27.0 Å². The van der Waals surface area contributed by atoms with Crippen LogP contribution in [0.15, 0.2) is 23.8 Å². The average Bonchev–Trinajstić information content (AvgIpc) is 2.58. The molecule has 1 aliphatic heterocycles. The van der Waals surface area contributed by atoms with Crippen molar-refractivity contribution in [2.24, 2.45) is 0 Å². The van der Waals surface area contributed by atoms with Crippen molar-refractivity contribution in [2.45, 2.75) is 33.0 Å². The van der Waals surface area contributed by atoms with Crippen LogP contribution in [0, 0.1) is 0 Å². The molecule has 0 amide bonds. The lowest BCUT2D eigenvalue weighted by atomic mass is 10.1. The third-order valence-electron chi connectivity index (χ3n) is 3.50. The van der Waals surface area contributed by atoms with Gasteiger partial charge in [-0.25, -0.2) is 9.59 Å². The molecule has 0 bridgehead atoms. The third kappa shape index (κ3) is 5.22. The molecule has 0 aliphatic carbocycles. The standard InChI is InChI=1S/C19H22O8/c1-5-24-15(20)9-10-25-16-12(7-6-8-14(16)23-4)11-13-17(21)26-19(2,3)27-18(13)22/h6-8,11H,5,9-10H2,1-4H3. The Bertz CT molecular complexity index is 741. The summed E-state index contributed by atoms with van der Waals surface area (Å²) in [6.45, 7) is 4.97. The fourth-order valence-corrected chi connectivity index (χ4v) is 2.37. The second-order valence-electron chi connectivity index (χ2n) is 6.02. The molecule has 1 heterocycles. The molecule has 0 atom stereocenters. The number of rotatable bonds is 7. The van der Waals surface area contributed by atoms with E-state index in [-0.39, 0.29) is 31.0 Å². The summed E-state index contributed by atoms with van der Waals surface area (Å²) in [6, 6.07) is 4.96. The highest BCUT2D eigenvalue weighted by Gasteiger charge is 2.39. The molecule has 0 aromatic heterocycles. The average molecular weight is 378 g/mol. The van der Waals surface area contributed by atoms with Crippen LogP contribution in [0.4, 0.5) is 0 Å². The fourth-order valence-electron chi connectivity index (χ4n) is 2.37. The molecule has 0 unspecified atom stereocenters. The van der Waals surface area contributed by atoms with Gasteiger partial charge in [0.1, 0.15) is 5.57 Å². The Kier molecular flexibility index (Phi) is 6.44. The van der Waals surface area contributed by atoms with E-state index in [1.54, 1.807) is 25.1 Å². The number of methoxy groups -OCH3 is 1. The Morgan fingerprint density at radius 1 is 1.19 bits per heavy atom. The minimum absolute atomic E-state index is 0.0390. The molecule has 1 saturated heterocycles. The predicted octanol–water partition coefficient (Wildman–Crippen LogP) is 2.25. The molecule has 0 saturated carbocycles. The van der Waals surface area contributed by atoms with Gasteiger partial charge in [0.05, 0.1) is 26.7 Å². The van der Waals surface area contributed by atoms with E-state index < -0.39 is 23.7 Å². The number of para-hydroxylation sites is 1. The van der Waals surface area contributed by atoms with Gasteiger partial charge in [-0.3, -0.25) is 4.79 Å². The lowest BCUT2D eigenvalue weighted by Crippen LogP contribution is -2.41. The number of esters is 3. The SMILES string of the molecule is CCOC(=O)CCOc1c(C=C2C(=O)OC(C)(C)OC2=O)cccc1OC. The maximum Gasteiger partial charge on any atom is 0.348 e. The number of benzene rings is 1. The molecule has 0 radical (unpaired) electrons. The van der Waals surface area contributed by atoms with Gasteiger partial charge in [0.2, 0.25) is 0 Å². The van der Waals surface area contributed by atoms with Crippen LogP contribution in [0.25, 0.3) is 6.08 Å². The van der Waals surface area contributed by atoms with E-state index in [0.29, 0.717) is 11.3 Å². The van der Waals surface area contributed by atoms with Crippen molar-refractivity contribution in [1.82, 2.24) is 0 Å². The van der Waals surface area contributed by atoms with Crippen molar-refractivity contribution in [3.05, 3.63) is 29.3 Å². The van der Waals surface area contributed by atoms with Crippen molar-refractivity contribution < 1.29 is 38.1 Å². The van der Waals surface area contributed by atoms with Gasteiger partial charge in [-0.15, -0.1) is 0 Å². The number of carbonyl (C=O) groups is 3. The second kappa shape index (κ2) is 8.57. The molecule has 0 spiro atoms. The van der Waals surface area contributed by atoms with Crippen molar-refractivity contribution >= 4 is 24.0 Å². The minimum Gasteiger partial charge on any atom is -0.493 e. The first-order chi connectivity index (χ1) is 12.8. The normalized spacial score (nSPS) is 15.5. The fraction of sp³-hybridized carbons (Fsp3) is 0.421. The number of ether oxygens (including phenoxy) is 5. The van der Waals surface area contributed by atoms with Gasteiger partial charge in [-0.1, -0.05) is 12.1 Å². The van der Waals surface area contributed by atoms with Crippen LogP contribution in [0.2, 0.25) is 0 Å². The van der Waals surface area contributed by atoms with E-state index in [1.807, 2.05) is 0 Å². The largest absolute Gasteiger partial charge is 0.493 e. The molecule has 146 valence electrons. The summed E-state index contributed by atoms with van der Waals surface area (Å²) < 4.78 is 25.9. The van der Waals surface area contributed by atoms with E-state index in [2.05, 4.69) is 0 Å². The highest BCUT2D eigenvalue weighted by atomic mass is 16.7. The first-order valence-corrected chi connectivity index (χ1v) is 8.41. The van der Waals surface area contributed by atoms with Gasteiger partial charge >= 0.3 is 17.9 Å². The predicted molar refractivity (Wildman–Crippen MR) is 94.0 cm³/mol. The van der Waals surface area contributed by atoms with Crippen molar-refractivity contribution in [3.63, 3.8) is 0 Å². The van der Waals surface area contributed by atoms with Crippen LogP contribution >= 0.6 is 0 Å². The minimum atomic E-state index is -1.32. The Morgan fingerprint density at radius 2 is 1.85 bits per heavy atom. The highest BCUT2D eigenvalue weighted by molar-refractivity contribution is 6.19. The molecule has 1 aliphatic rings. The number of hydrogen-bond acceptors (Lipinski definition) is 8. The summed E-state index contributed by atoms with van der Waals surface area (Å²) in [5, 5.41) is 0. The topological polar surface area (TPSA) is 97.4 Å². The summed E-state index contributed by atoms with van der Waals surface area (Å²) in [7, 11) is 1.45. The van der Waals surface area contributed by atoms with Crippen LogP contribution in [0.5, 0.6) is 11.5 Å². The lowest BCUT2D eigenvalue weighted by molar-refractivity contribution is -0.222. The zero-order chi connectivity index (χ0) is 20.0. The summed E-state index contributed by atoms with van der Waals surface area (Å²) in [4.78, 5) is 35.8. The quantitative estimate of drug-likeness (QED) is 0.405. The molecule has 1 aromatic rings. The number of cyclic esters (lactones) is 2. The Balaban J connectivity index is 2.27. The molecule has 0 N–H and O–H groups in total. The Labute approximate surface area is 157 Å². The van der Waals surface area contributed by atoms with Crippen molar-refractivity contribution in [2.75, 3.05) is 20.3 Å². The van der Waals surface area contributed by atoms with Gasteiger partial charge in [0.15, 0.2) is 11.5 Å². The maximum absolute atomic E-state index is 12.1. The second-order valence-corrected chi connectivity index (χ2v) is 6.02. The third-order valence-corrected chi connectivity index (χ3v) is 3.50. The van der Waals surface area contributed by atoms with Gasteiger partial charge in [0.25, 0.3) is 5.79 Å². The smallest absolute Gasteiger partial charge is 0.348 e. The Hall–Kier alpha value is -3.03. The maximum atomic E-state index is 12.1. The zero-order valence-corrected chi connectivity index (χ0v) is 15.7. The summed E-state index contributed by atoms with van der Waals surface area (Å²) in [6.07, 6.45) is 1.35. The van der Waals surface area contributed by atoms with E-state index in [4.69, 9.17) is 23.7 Å². The van der Waals surface area contributed by atoms with E-state index in [9.17, 15) is 14.4 Å². The van der Waals surface area contributed by atoms with Crippen LogP contribution in [0.1, 0.15) is 32.8 Å². The first-order valence-electron chi connectivity index (χ1n) is 8.41. The first kappa shape index (κ1) is 20.3. The van der Waals surface area contributed by atoms with Crippen molar-refractivity contribution in [3.8, 4) is 11.5 Å². The van der Waals surface area contributed by atoms with Crippen LogP contribution in [-0.2, 0) is 28.6 Å². The summed E-state index contributed by atoms with van der Waals surface area (Å²) in [5.74, 6) is -2.64. The summed E-state index contributed by atoms with van der Waals surface area (Å²) in [5.41, 5.74) is 0.139. The van der Waals surface area contributed by atoms with Crippen molar-refractivity contribution in [1.29, 1.82) is 0 Å². The number of carbonyl (C=O) groups excluding carboxylic acids is 3.